The van der Waals surface area contributed by atoms with Crippen LogP contribution in [0.4, 0.5) is 0 Å². The summed E-state index contributed by atoms with van der Waals surface area (Å²) in [7, 11) is 0.0221. The van der Waals surface area contributed by atoms with Gasteiger partial charge in [-0.25, -0.2) is 0 Å². The van der Waals surface area contributed by atoms with Crippen LogP contribution >= 0.6 is 12.4 Å². The molecule has 0 aromatic heterocycles. The predicted molar refractivity (Wildman–Crippen MR) is 92.9 cm³/mol. The monoisotopic (exact) mass is 368 g/mol. The van der Waals surface area contributed by atoms with Gasteiger partial charge in [-0.15, -0.1) is 12.4 Å². The average molecular weight is 369 g/mol. The predicted octanol–water partition coefficient (Wildman–Crippen LogP) is 0.281. The first-order chi connectivity index (χ1) is 10.5. The fourth-order valence-electron chi connectivity index (χ4n) is 3.25. The number of carbonyl (C=O) groups excluding carboxylic acids is 1. The fraction of sp³-hybridized carbons (Fsp3) is 0.929. The molecule has 1 heterocycles. The smallest absolute Gasteiger partial charge is 0.282 e. The molecule has 23 heavy (non-hydrogen) atoms. The molecule has 2 fully saturated rings. The van der Waals surface area contributed by atoms with Crippen molar-refractivity contribution in [1.82, 2.24) is 18.8 Å². The van der Waals surface area contributed by atoms with E-state index in [-0.39, 0.29) is 24.4 Å². The van der Waals surface area contributed by atoms with E-state index in [9.17, 15) is 13.2 Å². The summed E-state index contributed by atoms with van der Waals surface area (Å²) < 4.78 is 28.5. The van der Waals surface area contributed by atoms with Crippen LogP contribution in [0.2, 0.25) is 0 Å². The van der Waals surface area contributed by atoms with Crippen molar-refractivity contribution in [2.75, 3.05) is 46.8 Å². The molecule has 1 aliphatic heterocycles. The quantitative estimate of drug-likeness (QED) is 0.756. The Morgan fingerprint density at radius 3 is 2.22 bits per heavy atom. The van der Waals surface area contributed by atoms with Gasteiger partial charge in [0.25, 0.3) is 10.2 Å². The molecular weight excluding hydrogens is 340 g/mol. The number of piperazine rings is 1. The lowest BCUT2D eigenvalue weighted by atomic mass is 9.96. The molecule has 1 amide bonds. The van der Waals surface area contributed by atoms with Crippen LogP contribution in [0, 0.1) is 0 Å². The maximum absolute atomic E-state index is 12.7. The Morgan fingerprint density at radius 1 is 1.13 bits per heavy atom. The zero-order valence-electron chi connectivity index (χ0n) is 14.0. The first-order valence-electron chi connectivity index (χ1n) is 8.12. The number of hydrogen-bond donors (Lipinski definition) is 1. The molecule has 2 aliphatic rings. The van der Waals surface area contributed by atoms with Crippen molar-refractivity contribution in [2.45, 2.75) is 38.1 Å². The Labute approximate surface area is 146 Å². The van der Waals surface area contributed by atoms with Crippen LogP contribution in [0.1, 0.15) is 32.1 Å². The van der Waals surface area contributed by atoms with Crippen molar-refractivity contribution in [1.29, 1.82) is 0 Å². The molecule has 136 valence electrons. The van der Waals surface area contributed by atoms with Gasteiger partial charge in [-0.1, -0.05) is 19.3 Å². The molecule has 0 bridgehead atoms. The Kier molecular flexibility index (Phi) is 8.23. The van der Waals surface area contributed by atoms with E-state index in [2.05, 4.69) is 5.32 Å². The SMILES string of the molecule is CNCC(=O)N1CCN(S(=O)(=O)N(C)C2CCCCC2)CC1.Cl. The van der Waals surface area contributed by atoms with Gasteiger partial charge in [-0.3, -0.25) is 4.79 Å². The van der Waals surface area contributed by atoms with E-state index in [0.29, 0.717) is 32.7 Å². The van der Waals surface area contributed by atoms with Crippen molar-refractivity contribution in [2.24, 2.45) is 0 Å². The van der Waals surface area contributed by atoms with Gasteiger partial charge in [0.1, 0.15) is 0 Å². The molecule has 1 saturated heterocycles. The summed E-state index contributed by atoms with van der Waals surface area (Å²) in [6, 6.07) is 0.128. The Hall–Kier alpha value is -0.410. The second-order valence-electron chi connectivity index (χ2n) is 6.13. The van der Waals surface area contributed by atoms with Crippen LogP contribution in [0.5, 0.6) is 0 Å². The molecule has 1 aliphatic carbocycles. The van der Waals surface area contributed by atoms with E-state index in [1.165, 1.54) is 10.7 Å². The number of amides is 1. The topological polar surface area (TPSA) is 73.0 Å². The highest BCUT2D eigenvalue weighted by Crippen LogP contribution is 2.25. The van der Waals surface area contributed by atoms with Gasteiger partial charge >= 0.3 is 0 Å². The molecule has 7 nitrogen and oxygen atoms in total. The number of carbonyl (C=O) groups is 1. The van der Waals surface area contributed by atoms with Crippen LogP contribution in [-0.4, -0.2) is 80.7 Å². The molecular formula is C14H29ClN4O3S. The van der Waals surface area contributed by atoms with E-state index < -0.39 is 10.2 Å². The summed E-state index contributed by atoms with van der Waals surface area (Å²) in [5.74, 6) is 0.0279. The summed E-state index contributed by atoms with van der Waals surface area (Å²) >= 11 is 0. The highest BCUT2D eigenvalue weighted by atomic mass is 35.5. The van der Waals surface area contributed by atoms with Crippen LogP contribution in [0.3, 0.4) is 0 Å². The highest BCUT2D eigenvalue weighted by Gasteiger charge is 2.35. The van der Waals surface area contributed by atoms with E-state index in [0.717, 1.165) is 25.7 Å². The van der Waals surface area contributed by atoms with Gasteiger partial charge in [0.05, 0.1) is 6.54 Å². The van der Waals surface area contributed by atoms with Crippen LogP contribution in [0.15, 0.2) is 0 Å². The van der Waals surface area contributed by atoms with Gasteiger partial charge in [-0.05, 0) is 19.9 Å². The van der Waals surface area contributed by atoms with Crippen molar-refractivity contribution in [3.05, 3.63) is 0 Å². The molecule has 2 rings (SSSR count). The van der Waals surface area contributed by atoms with Crippen LogP contribution in [-0.2, 0) is 15.0 Å². The number of nitrogens with one attached hydrogen (secondary N) is 1. The maximum Gasteiger partial charge on any atom is 0.282 e. The molecule has 1 saturated carbocycles. The van der Waals surface area contributed by atoms with Gasteiger partial charge in [0, 0.05) is 39.3 Å². The third-order valence-electron chi connectivity index (χ3n) is 4.70. The van der Waals surface area contributed by atoms with Crippen LogP contribution < -0.4 is 5.32 Å². The highest BCUT2D eigenvalue weighted by molar-refractivity contribution is 7.86. The minimum Gasteiger partial charge on any atom is -0.339 e. The molecule has 0 spiro atoms. The van der Waals surface area contributed by atoms with E-state index in [1.807, 2.05) is 0 Å². The normalized spacial score (nSPS) is 21.3. The zero-order valence-corrected chi connectivity index (χ0v) is 15.7. The number of likely N-dealkylation sites (N-methyl/N-ethyl adjacent to an activating group) is 1. The molecule has 9 heteroatoms. The lowest BCUT2D eigenvalue weighted by molar-refractivity contribution is -0.131. The lowest BCUT2D eigenvalue weighted by Crippen LogP contribution is -2.56. The third-order valence-corrected chi connectivity index (χ3v) is 6.74. The number of hydrogen-bond acceptors (Lipinski definition) is 4. The number of halogens is 1. The Morgan fingerprint density at radius 2 is 1.70 bits per heavy atom. The summed E-state index contributed by atoms with van der Waals surface area (Å²) in [6.45, 7) is 2.01. The minimum absolute atomic E-state index is 0. The second-order valence-corrected chi connectivity index (χ2v) is 8.11. The lowest BCUT2D eigenvalue weighted by Gasteiger charge is -2.38. The van der Waals surface area contributed by atoms with Gasteiger partial charge in [0.15, 0.2) is 0 Å². The van der Waals surface area contributed by atoms with E-state index >= 15 is 0 Å². The van der Waals surface area contributed by atoms with Gasteiger partial charge < -0.3 is 10.2 Å². The largest absolute Gasteiger partial charge is 0.339 e. The first-order valence-corrected chi connectivity index (χ1v) is 9.52. The molecule has 0 radical (unpaired) electrons. The number of nitrogens with zero attached hydrogens (tertiary/aromatic N) is 3. The molecule has 1 N–H and O–H groups in total. The third kappa shape index (κ3) is 5.03. The second kappa shape index (κ2) is 9.17. The van der Waals surface area contributed by atoms with Crippen molar-refractivity contribution >= 4 is 28.5 Å². The van der Waals surface area contributed by atoms with Crippen LogP contribution in [0.25, 0.3) is 0 Å². The maximum atomic E-state index is 12.7. The van der Waals surface area contributed by atoms with Gasteiger partial charge in [0.2, 0.25) is 5.91 Å². The van der Waals surface area contributed by atoms with Crippen molar-refractivity contribution in [3.8, 4) is 0 Å². The zero-order chi connectivity index (χ0) is 16.2. The molecule has 0 aromatic carbocycles. The minimum atomic E-state index is -3.41. The summed E-state index contributed by atoms with van der Waals surface area (Å²) in [6.07, 6.45) is 5.33. The Bertz CT molecular complexity index is 474. The molecule has 0 atom stereocenters. The molecule has 0 aromatic rings. The Balaban J connectivity index is 0.00000264. The van der Waals surface area contributed by atoms with Crippen molar-refractivity contribution in [3.63, 3.8) is 0 Å². The summed E-state index contributed by atoms with van der Waals surface area (Å²) in [4.78, 5) is 13.5. The first kappa shape index (κ1) is 20.6. The summed E-state index contributed by atoms with van der Waals surface area (Å²) in [5, 5.41) is 2.84. The summed E-state index contributed by atoms with van der Waals surface area (Å²) in [5.41, 5.74) is 0. The number of rotatable bonds is 5. The standard InChI is InChI=1S/C14H28N4O3S.ClH/c1-15-12-14(19)17-8-10-18(11-9-17)22(20,21)16(2)13-6-4-3-5-7-13;/h13,15H,3-12H2,1-2H3;1H. The van der Waals surface area contributed by atoms with Gasteiger partial charge in [-0.2, -0.15) is 17.0 Å². The van der Waals surface area contributed by atoms with Crippen molar-refractivity contribution < 1.29 is 13.2 Å². The average Bonchev–Trinajstić information content (AvgIpc) is 2.55. The molecule has 0 unspecified atom stereocenters. The van der Waals surface area contributed by atoms with E-state index in [4.69, 9.17) is 0 Å². The fourth-order valence-corrected chi connectivity index (χ4v) is 4.82. The van der Waals surface area contributed by atoms with E-state index in [1.54, 1.807) is 23.3 Å².